The van der Waals surface area contributed by atoms with Crippen LogP contribution in [0.2, 0.25) is 0 Å². The summed E-state index contributed by atoms with van der Waals surface area (Å²) in [5.74, 6) is -0.495. The number of carboxylic acids is 1. The maximum absolute atomic E-state index is 10.7. The van der Waals surface area contributed by atoms with Crippen molar-refractivity contribution >= 4 is 5.97 Å². The van der Waals surface area contributed by atoms with Crippen LogP contribution in [0.5, 0.6) is 5.75 Å². The highest BCUT2D eigenvalue weighted by Gasteiger charge is 2.21. The average Bonchev–Trinajstić information content (AvgIpc) is 2.39. The molecule has 0 aliphatic heterocycles. The minimum Gasteiger partial charge on any atom is -0.486 e. The molecule has 126 valence electrons. The molecular weight excluding hydrogens is 282 g/mol. The van der Waals surface area contributed by atoms with E-state index < -0.39 is 11.6 Å². The lowest BCUT2D eigenvalue weighted by Crippen LogP contribution is -2.32. The molecule has 0 spiro atoms. The third-order valence-electron chi connectivity index (χ3n) is 2.59. The minimum absolute atomic E-state index is 0.00576. The molecule has 5 nitrogen and oxygen atoms in total. The van der Waals surface area contributed by atoms with E-state index >= 15 is 0 Å². The van der Waals surface area contributed by atoms with Crippen LogP contribution in [-0.4, -0.2) is 33.9 Å². The summed E-state index contributed by atoms with van der Waals surface area (Å²) in [6.45, 7) is 14.5. The van der Waals surface area contributed by atoms with Gasteiger partial charge < -0.3 is 14.6 Å². The Morgan fingerprint density at radius 3 is 2.18 bits per heavy atom. The quantitative estimate of drug-likeness (QED) is 0.854. The van der Waals surface area contributed by atoms with Gasteiger partial charge in [0.05, 0.1) is 18.4 Å². The van der Waals surface area contributed by atoms with E-state index in [1.165, 1.54) is 12.3 Å². The van der Waals surface area contributed by atoms with E-state index in [1.54, 1.807) is 6.07 Å². The van der Waals surface area contributed by atoms with Crippen LogP contribution in [-0.2, 0) is 4.74 Å². The molecule has 0 bridgehead atoms. The Kier molecular flexibility index (Phi) is 8.09. The number of hydrogen-bond donors (Lipinski definition) is 1. The van der Waals surface area contributed by atoms with E-state index in [0.717, 1.165) is 6.42 Å². The number of ether oxygens (including phenoxy) is 2. The number of carboxylic acid groups (broad SMARTS) is 1. The molecule has 22 heavy (non-hydrogen) atoms. The molecule has 0 aliphatic rings. The topological polar surface area (TPSA) is 68.7 Å². The summed E-state index contributed by atoms with van der Waals surface area (Å²) in [5, 5.41) is 8.78. The number of rotatable bonds is 6. The molecule has 0 aromatic carbocycles. The molecule has 0 amide bonds. The van der Waals surface area contributed by atoms with Crippen molar-refractivity contribution in [2.75, 3.05) is 6.61 Å². The summed E-state index contributed by atoms with van der Waals surface area (Å²) in [6, 6.07) is 3.04. The van der Waals surface area contributed by atoms with Crippen LogP contribution in [0, 0.1) is 0 Å². The monoisotopic (exact) mass is 311 g/mol. The second-order valence-corrected chi connectivity index (χ2v) is 6.26. The van der Waals surface area contributed by atoms with E-state index in [9.17, 15) is 4.79 Å². The molecule has 5 heteroatoms. The molecule has 0 aliphatic carbocycles. The highest BCUT2D eigenvalue weighted by atomic mass is 16.5. The first-order valence-electron chi connectivity index (χ1n) is 7.61. The minimum atomic E-state index is -1.05. The van der Waals surface area contributed by atoms with Gasteiger partial charge in [0.15, 0.2) is 0 Å². The Morgan fingerprint density at radius 1 is 1.18 bits per heavy atom. The van der Waals surface area contributed by atoms with Gasteiger partial charge in [-0.05, 0) is 46.8 Å². The van der Waals surface area contributed by atoms with Gasteiger partial charge in [-0.15, -0.1) is 0 Å². The molecule has 1 heterocycles. The van der Waals surface area contributed by atoms with Crippen molar-refractivity contribution in [3.8, 4) is 5.75 Å². The zero-order valence-electron chi connectivity index (χ0n) is 14.8. The average molecular weight is 311 g/mol. The van der Waals surface area contributed by atoms with Crippen LogP contribution in [0.15, 0.2) is 18.3 Å². The molecule has 0 radical (unpaired) electrons. The van der Waals surface area contributed by atoms with E-state index in [0.29, 0.717) is 12.4 Å². The summed E-state index contributed by atoms with van der Waals surface area (Å²) >= 11 is 0. The molecule has 1 N–H and O–H groups in total. The molecule has 0 saturated heterocycles. The second kappa shape index (κ2) is 8.73. The number of pyridine rings is 1. The van der Waals surface area contributed by atoms with E-state index in [4.69, 9.17) is 14.6 Å². The van der Waals surface area contributed by atoms with Crippen LogP contribution >= 0.6 is 0 Å². The largest absolute Gasteiger partial charge is 0.486 e. The smallest absolute Gasteiger partial charge is 0.354 e. The van der Waals surface area contributed by atoms with Crippen molar-refractivity contribution in [3.05, 3.63) is 24.0 Å². The lowest BCUT2D eigenvalue weighted by Gasteiger charge is -2.28. The fourth-order valence-corrected chi connectivity index (χ4v) is 1.54. The van der Waals surface area contributed by atoms with Gasteiger partial charge in [0.25, 0.3) is 0 Å². The Balaban J connectivity index is 0.00000211. The second-order valence-electron chi connectivity index (χ2n) is 6.26. The number of aromatic nitrogens is 1. The van der Waals surface area contributed by atoms with Crippen LogP contribution in [0.4, 0.5) is 0 Å². The Hall–Kier alpha value is -1.62. The first kappa shape index (κ1) is 20.4. The third-order valence-corrected chi connectivity index (χ3v) is 2.59. The van der Waals surface area contributed by atoms with Gasteiger partial charge in [-0.2, -0.15) is 0 Å². The summed E-state index contributed by atoms with van der Waals surface area (Å²) in [4.78, 5) is 14.5. The van der Waals surface area contributed by atoms with Crippen LogP contribution in [0.3, 0.4) is 0 Å². The molecule has 0 fully saturated rings. The van der Waals surface area contributed by atoms with Crippen molar-refractivity contribution in [3.63, 3.8) is 0 Å². The highest BCUT2D eigenvalue weighted by Crippen LogP contribution is 2.21. The van der Waals surface area contributed by atoms with Crippen LogP contribution in [0.25, 0.3) is 0 Å². The van der Waals surface area contributed by atoms with Crippen LogP contribution < -0.4 is 4.74 Å². The first-order chi connectivity index (χ1) is 10.1. The summed E-state index contributed by atoms with van der Waals surface area (Å²) in [7, 11) is 0. The SMILES string of the molecule is CC.CC(C)(C)OCCC(C)(C)Oc1ccc(C(=O)O)nc1. The Labute approximate surface area is 133 Å². The normalized spacial score (nSPS) is 11.4. The number of hydrogen-bond acceptors (Lipinski definition) is 4. The lowest BCUT2D eigenvalue weighted by molar-refractivity contribution is -0.0293. The predicted molar refractivity (Wildman–Crippen MR) is 87.6 cm³/mol. The van der Waals surface area contributed by atoms with Gasteiger partial charge in [0.1, 0.15) is 17.0 Å². The number of nitrogens with zero attached hydrogens (tertiary/aromatic N) is 1. The predicted octanol–water partition coefficient (Wildman–Crippen LogP) is 4.17. The van der Waals surface area contributed by atoms with Crippen molar-refractivity contribution in [1.29, 1.82) is 0 Å². The van der Waals surface area contributed by atoms with Gasteiger partial charge in [-0.3, -0.25) is 0 Å². The Bertz CT molecular complexity index is 447. The van der Waals surface area contributed by atoms with Gasteiger partial charge in [0, 0.05) is 6.42 Å². The van der Waals surface area contributed by atoms with Crippen LogP contribution in [0.1, 0.15) is 65.4 Å². The van der Waals surface area contributed by atoms with Gasteiger partial charge in [-0.1, -0.05) is 13.8 Å². The molecule has 1 rings (SSSR count). The Morgan fingerprint density at radius 2 is 1.77 bits per heavy atom. The highest BCUT2D eigenvalue weighted by molar-refractivity contribution is 5.85. The van der Waals surface area contributed by atoms with Gasteiger partial charge in [-0.25, -0.2) is 9.78 Å². The molecule has 0 atom stereocenters. The maximum Gasteiger partial charge on any atom is 0.354 e. The van der Waals surface area contributed by atoms with E-state index in [-0.39, 0.29) is 11.3 Å². The van der Waals surface area contributed by atoms with E-state index in [1.807, 2.05) is 48.5 Å². The third kappa shape index (κ3) is 8.62. The molecule has 1 aromatic heterocycles. The number of carbonyl (C=O) groups is 1. The van der Waals surface area contributed by atoms with E-state index in [2.05, 4.69) is 4.98 Å². The fourth-order valence-electron chi connectivity index (χ4n) is 1.54. The van der Waals surface area contributed by atoms with Crippen molar-refractivity contribution < 1.29 is 19.4 Å². The summed E-state index contributed by atoms with van der Waals surface area (Å²) in [6.07, 6.45) is 2.15. The molecule has 0 saturated carbocycles. The van der Waals surface area contributed by atoms with Crippen molar-refractivity contribution in [1.82, 2.24) is 4.98 Å². The molecule has 0 unspecified atom stereocenters. The molecule has 1 aromatic rings. The summed E-state index contributed by atoms with van der Waals surface area (Å²) in [5.41, 5.74) is -0.565. The number of aromatic carboxylic acids is 1. The summed E-state index contributed by atoms with van der Waals surface area (Å²) < 4.78 is 11.5. The lowest BCUT2D eigenvalue weighted by atomic mass is 10.1. The zero-order chi connectivity index (χ0) is 17.4. The van der Waals surface area contributed by atoms with Crippen molar-refractivity contribution in [2.45, 2.75) is 66.1 Å². The van der Waals surface area contributed by atoms with Gasteiger partial charge in [0.2, 0.25) is 0 Å². The first-order valence-corrected chi connectivity index (χ1v) is 7.61. The maximum atomic E-state index is 10.7. The van der Waals surface area contributed by atoms with Crippen molar-refractivity contribution in [2.24, 2.45) is 0 Å². The molecular formula is C17H29NO4. The fraction of sp³-hybridized carbons (Fsp3) is 0.647. The zero-order valence-corrected chi connectivity index (χ0v) is 14.8. The standard InChI is InChI=1S/C15H23NO4.C2H6/c1-14(2,3)19-9-8-15(4,5)20-11-6-7-12(13(17)18)16-10-11;1-2/h6-7,10H,8-9H2,1-5H3,(H,17,18);1-2H3. The van der Waals surface area contributed by atoms with Gasteiger partial charge >= 0.3 is 5.97 Å².